The molecule has 86 valence electrons. The molecule has 5 heteroatoms. The molecule has 0 saturated carbocycles. The van der Waals surface area contributed by atoms with Crippen LogP contribution in [0.2, 0.25) is 0 Å². The molecule has 0 bridgehead atoms. The zero-order chi connectivity index (χ0) is 12.1. The van der Waals surface area contributed by atoms with E-state index in [2.05, 4.69) is 16.1 Å². The van der Waals surface area contributed by atoms with Gasteiger partial charge in [-0.05, 0) is 12.5 Å². The van der Waals surface area contributed by atoms with E-state index in [9.17, 15) is 9.59 Å². The van der Waals surface area contributed by atoms with Crippen LogP contribution in [-0.2, 0) is 23.8 Å². The summed E-state index contributed by atoms with van der Waals surface area (Å²) in [7, 11) is 3.77. The SMILES string of the molecule is C=C(C)C(CC(=O)OC)(OC)C(=O)OC. The second kappa shape index (κ2) is 5.50. The van der Waals surface area contributed by atoms with Crippen LogP contribution in [0.5, 0.6) is 0 Å². The van der Waals surface area contributed by atoms with Gasteiger partial charge in [0.05, 0.1) is 20.6 Å². The largest absolute Gasteiger partial charge is 0.469 e. The fourth-order valence-electron chi connectivity index (χ4n) is 1.17. The summed E-state index contributed by atoms with van der Waals surface area (Å²) in [5, 5.41) is 0. The molecule has 0 saturated heterocycles. The lowest BCUT2D eigenvalue weighted by molar-refractivity contribution is -0.168. The van der Waals surface area contributed by atoms with Crippen LogP contribution >= 0.6 is 0 Å². The summed E-state index contributed by atoms with van der Waals surface area (Å²) in [4.78, 5) is 22.7. The van der Waals surface area contributed by atoms with Gasteiger partial charge >= 0.3 is 11.9 Å². The zero-order valence-corrected chi connectivity index (χ0v) is 9.46. The van der Waals surface area contributed by atoms with Gasteiger partial charge in [-0.2, -0.15) is 0 Å². The van der Waals surface area contributed by atoms with Gasteiger partial charge in [-0.25, -0.2) is 4.79 Å². The van der Waals surface area contributed by atoms with Crippen LogP contribution in [0.3, 0.4) is 0 Å². The van der Waals surface area contributed by atoms with E-state index < -0.39 is 17.5 Å². The standard InChI is InChI=1S/C10H16O5/c1-7(2)10(15-5,9(12)14-4)6-8(11)13-3/h1,6H2,2-5H3. The molecule has 0 amide bonds. The van der Waals surface area contributed by atoms with Gasteiger partial charge in [0, 0.05) is 7.11 Å². The van der Waals surface area contributed by atoms with Gasteiger partial charge in [-0.1, -0.05) is 6.58 Å². The van der Waals surface area contributed by atoms with Crippen LogP contribution in [0.25, 0.3) is 0 Å². The van der Waals surface area contributed by atoms with Crippen molar-refractivity contribution in [3.05, 3.63) is 12.2 Å². The Hall–Kier alpha value is -1.36. The third kappa shape index (κ3) is 2.79. The van der Waals surface area contributed by atoms with Crippen molar-refractivity contribution in [2.75, 3.05) is 21.3 Å². The Morgan fingerprint density at radius 2 is 1.73 bits per heavy atom. The minimum absolute atomic E-state index is 0.248. The first-order chi connectivity index (χ1) is 6.94. The fourth-order valence-corrected chi connectivity index (χ4v) is 1.17. The lowest BCUT2D eigenvalue weighted by Crippen LogP contribution is -2.44. The van der Waals surface area contributed by atoms with E-state index in [4.69, 9.17) is 4.74 Å². The van der Waals surface area contributed by atoms with Crippen LogP contribution in [0, 0.1) is 0 Å². The van der Waals surface area contributed by atoms with Crippen LogP contribution < -0.4 is 0 Å². The van der Waals surface area contributed by atoms with Crippen molar-refractivity contribution in [1.82, 2.24) is 0 Å². The van der Waals surface area contributed by atoms with E-state index in [1.54, 1.807) is 6.92 Å². The van der Waals surface area contributed by atoms with Crippen molar-refractivity contribution in [3.8, 4) is 0 Å². The molecule has 5 nitrogen and oxygen atoms in total. The molecule has 15 heavy (non-hydrogen) atoms. The molecule has 0 N–H and O–H groups in total. The van der Waals surface area contributed by atoms with Crippen LogP contribution in [0.1, 0.15) is 13.3 Å². The minimum atomic E-state index is -1.46. The summed E-state index contributed by atoms with van der Waals surface area (Å²) in [5.41, 5.74) is -1.07. The average molecular weight is 216 g/mol. The Balaban J connectivity index is 5.07. The third-order valence-electron chi connectivity index (χ3n) is 2.17. The van der Waals surface area contributed by atoms with Gasteiger partial charge in [0.2, 0.25) is 0 Å². The number of methoxy groups -OCH3 is 3. The maximum Gasteiger partial charge on any atom is 0.343 e. The first-order valence-electron chi connectivity index (χ1n) is 4.31. The van der Waals surface area contributed by atoms with Gasteiger partial charge in [0.15, 0.2) is 5.60 Å². The van der Waals surface area contributed by atoms with Crippen molar-refractivity contribution < 1.29 is 23.8 Å². The van der Waals surface area contributed by atoms with Gasteiger partial charge in [-0.15, -0.1) is 0 Å². The van der Waals surface area contributed by atoms with E-state index in [0.29, 0.717) is 5.57 Å². The Bertz CT molecular complexity index is 271. The summed E-state index contributed by atoms with van der Waals surface area (Å²) in [5.74, 6) is -1.23. The second-order valence-corrected chi connectivity index (χ2v) is 3.06. The lowest BCUT2D eigenvalue weighted by atomic mass is 9.92. The number of esters is 2. The van der Waals surface area contributed by atoms with E-state index in [1.807, 2.05) is 0 Å². The van der Waals surface area contributed by atoms with E-state index in [0.717, 1.165) is 0 Å². The highest BCUT2D eigenvalue weighted by Crippen LogP contribution is 2.25. The quantitative estimate of drug-likeness (QED) is 0.499. The smallest absolute Gasteiger partial charge is 0.343 e. The Labute approximate surface area is 89.0 Å². The fraction of sp³-hybridized carbons (Fsp3) is 0.600. The number of ether oxygens (including phenoxy) is 3. The molecule has 1 atom stereocenters. The van der Waals surface area contributed by atoms with Crippen LogP contribution in [0.15, 0.2) is 12.2 Å². The van der Waals surface area contributed by atoms with E-state index in [1.165, 1.54) is 21.3 Å². The van der Waals surface area contributed by atoms with Gasteiger partial charge in [0.25, 0.3) is 0 Å². The number of hydrogen-bond acceptors (Lipinski definition) is 5. The van der Waals surface area contributed by atoms with Crippen molar-refractivity contribution in [3.63, 3.8) is 0 Å². The number of rotatable bonds is 5. The van der Waals surface area contributed by atoms with Crippen molar-refractivity contribution >= 4 is 11.9 Å². The number of carbonyl (C=O) groups is 2. The molecule has 0 heterocycles. The molecule has 0 spiro atoms. The van der Waals surface area contributed by atoms with Gasteiger partial charge < -0.3 is 14.2 Å². The molecule has 0 aliphatic heterocycles. The highest BCUT2D eigenvalue weighted by atomic mass is 16.6. The first kappa shape index (κ1) is 13.6. The second-order valence-electron chi connectivity index (χ2n) is 3.06. The van der Waals surface area contributed by atoms with Crippen molar-refractivity contribution in [1.29, 1.82) is 0 Å². The molecule has 0 aromatic rings. The monoisotopic (exact) mass is 216 g/mol. The maximum atomic E-state index is 11.5. The summed E-state index contributed by atoms with van der Waals surface area (Å²) in [6.07, 6.45) is -0.248. The molecular formula is C10H16O5. The zero-order valence-electron chi connectivity index (χ0n) is 9.46. The lowest BCUT2D eigenvalue weighted by Gasteiger charge is -2.28. The minimum Gasteiger partial charge on any atom is -0.469 e. The molecular weight excluding hydrogens is 200 g/mol. The molecule has 0 aromatic heterocycles. The molecule has 0 aliphatic rings. The predicted molar refractivity (Wildman–Crippen MR) is 53.2 cm³/mol. The highest BCUT2D eigenvalue weighted by Gasteiger charge is 2.43. The van der Waals surface area contributed by atoms with Crippen LogP contribution in [0.4, 0.5) is 0 Å². The average Bonchev–Trinajstić information content (AvgIpc) is 2.23. The van der Waals surface area contributed by atoms with E-state index >= 15 is 0 Å². The third-order valence-corrected chi connectivity index (χ3v) is 2.17. The Kier molecular flexibility index (Phi) is 5.00. The molecule has 0 aliphatic carbocycles. The summed E-state index contributed by atoms with van der Waals surface area (Å²) in [6.45, 7) is 5.21. The normalized spacial score (nSPS) is 13.9. The number of carbonyl (C=O) groups excluding carboxylic acids is 2. The molecule has 0 radical (unpaired) electrons. The summed E-state index contributed by atoms with van der Waals surface area (Å²) < 4.78 is 14.1. The Morgan fingerprint density at radius 3 is 2.00 bits per heavy atom. The predicted octanol–water partition coefficient (Wildman–Crippen LogP) is 0.684. The maximum absolute atomic E-state index is 11.5. The first-order valence-corrected chi connectivity index (χ1v) is 4.31. The number of hydrogen-bond donors (Lipinski definition) is 0. The molecule has 0 rings (SSSR count). The topological polar surface area (TPSA) is 61.8 Å². The summed E-state index contributed by atoms with van der Waals surface area (Å²) in [6, 6.07) is 0. The molecule has 0 fully saturated rings. The van der Waals surface area contributed by atoms with Gasteiger partial charge in [0.1, 0.15) is 0 Å². The van der Waals surface area contributed by atoms with Crippen molar-refractivity contribution in [2.24, 2.45) is 0 Å². The van der Waals surface area contributed by atoms with Crippen molar-refractivity contribution in [2.45, 2.75) is 18.9 Å². The molecule has 0 aromatic carbocycles. The molecule has 1 unspecified atom stereocenters. The van der Waals surface area contributed by atoms with Crippen LogP contribution in [-0.4, -0.2) is 38.9 Å². The van der Waals surface area contributed by atoms with E-state index in [-0.39, 0.29) is 6.42 Å². The highest BCUT2D eigenvalue weighted by molar-refractivity contribution is 5.89. The Morgan fingerprint density at radius 1 is 1.20 bits per heavy atom. The van der Waals surface area contributed by atoms with Gasteiger partial charge in [-0.3, -0.25) is 4.79 Å². The summed E-state index contributed by atoms with van der Waals surface area (Å²) >= 11 is 0.